The molecule has 206 valence electrons. The molecule has 8 nitrogen and oxygen atoms in total. The van der Waals surface area contributed by atoms with Crippen molar-refractivity contribution < 1.29 is 27.4 Å². The zero-order valence-electron chi connectivity index (χ0n) is 22.0. The van der Waals surface area contributed by atoms with Crippen molar-refractivity contribution in [3.63, 3.8) is 0 Å². The van der Waals surface area contributed by atoms with Gasteiger partial charge >= 0.3 is 0 Å². The van der Waals surface area contributed by atoms with E-state index in [1.807, 2.05) is 42.5 Å². The monoisotopic (exact) mass is 550 g/mol. The summed E-state index contributed by atoms with van der Waals surface area (Å²) in [5.41, 5.74) is 4.01. The Morgan fingerprint density at radius 3 is 2.64 bits per heavy atom. The zero-order valence-corrected chi connectivity index (χ0v) is 22.8. The van der Waals surface area contributed by atoms with Crippen LogP contribution >= 0.6 is 0 Å². The molecule has 0 spiro atoms. The van der Waals surface area contributed by atoms with Gasteiger partial charge in [0.25, 0.3) is 0 Å². The Morgan fingerprint density at radius 2 is 1.82 bits per heavy atom. The fourth-order valence-electron chi connectivity index (χ4n) is 4.83. The molecule has 39 heavy (non-hydrogen) atoms. The number of furan rings is 1. The van der Waals surface area contributed by atoms with Crippen LogP contribution in [0.15, 0.2) is 71.1 Å². The predicted molar refractivity (Wildman–Crippen MR) is 152 cm³/mol. The lowest BCUT2D eigenvalue weighted by atomic mass is 9.96. The molecule has 0 fully saturated rings. The molecule has 9 heteroatoms. The van der Waals surface area contributed by atoms with Gasteiger partial charge in [0.05, 0.1) is 18.0 Å². The highest BCUT2D eigenvalue weighted by atomic mass is 32.2. The zero-order chi connectivity index (χ0) is 27.2. The molecular weight excluding hydrogens is 516 g/mol. The molecule has 0 bridgehead atoms. The van der Waals surface area contributed by atoms with Crippen LogP contribution in [0.2, 0.25) is 0 Å². The molecule has 3 N–H and O–H groups in total. The largest absolute Gasteiger partial charge is 0.492 e. The molecule has 3 aromatic carbocycles. The molecule has 0 saturated carbocycles. The van der Waals surface area contributed by atoms with Gasteiger partial charge < -0.3 is 24.3 Å². The maximum Gasteiger partial charge on any atom is 0.229 e. The minimum atomic E-state index is -3.54. The third kappa shape index (κ3) is 7.11. The first-order chi connectivity index (χ1) is 18.9. The Morgan fingerprint density at radius 1 is 1.00 bits per heavy atom. The number of nitrogens with one attached hydrogen (secondary N) is 2. The number of hydrogen-bond donors (Lipinski definition) is 3. The summed E-state index contributed by atoms with van der Waals surface area (Å²) in [4.78, 5) is 0. The van der Waals surface area contributed by atoms with E-state index in [9.17, 15) is 13.5 Å². The van der Waals surface area contributed by atoms with Crippen LogP contribution in [-0.4, -0.2) is 39.5 Å². The maximum atomic E-state index is 11.9. The molecule has 1 aliphatic rings. The number of ether oxygens (including phenoxy) is 2. The summed E-state index contributed by atoms with van der Waals surface area (Å²) in [6, 6.07) is 20.6. The van der Waals surface area contributed by atoms with Gasteiger partial charge in [-0.25, -0.2) is 8.42 Å². The molecule has 0 amide bonds. The molecule has 1 aliphatic carbocycles. The van der Waals surface area contributed by atoms with Crippen LogP contribution < -0.4 is 19.5 Å². The van der Waals surface area contributed by atoms with E-state index in [1.165, 1.54) is 23.8 Å². The fourth-order valence-corrected chi connectivity index (χ4v) is 5.39. The highest BCUT2D eigenvalue weighted by molar-refractivity contribution is 7.92. The molecule has 1 aromatic heterocycles. The SMILES string of the molecule is CS(=O)(=O)Nc1cc(C(O)CNCCOc2ccc3c4c(oc3c2)CCCC4)ccc1OCc1ccccc1. The van der Waals surface area contributed by atoms with E-state index in [4.69, 9.17) is 13.9 Å². The number of aliphatic hydroxyl groups is 1. The maximum absolute atomic E-state index is 11.9. The van der Waals surface area contributed by atoms with E-state index in [-0.39, 0.29) is 18.8 Å². The average molecular weight is 551 g/mol. The van der Waals surface area contributed by atoms with Gasteiger partial charge in [-0.3, -0.25) is 4.72 Å². The van der Waals surface area contributed by atoms with Crippen molar-refractivity contribution in [2.24, 2.45) is 0 Å². The van der Waals surface area contributed by atoms with Crippen LogP contribution in [0.5, 0.6) is 11.5 Å². The molecule has 1 unspecified atom stereocenters. The van der Waals surface area contributed by atoms with E-state index >= 15 is 0 Å². The lowest BCUT2D eigenvalue weighted by Gasteiger charge is -2.17. The first kappa shape index (κ1) is 27.1. The minimum absolute atomic E-state index is 0.274. The average Bonchev–Trinajstić information content (AvgIpc) is 3.29. The van der Waals surface area contributed by atoms with Crippen LogP contribution in [0.25, 0.3) is 11.0 Å². The second-order valence-electron chi connectivity index (χ2n) is 9.84. The highest BCUT2D eigenvalue weighted by Gasteiger charge is 2.18. The number of anilines is 1. The number of fused-ring (bicyclic) bond motifs is 3. The number of benzene rings is 3. The van der Waals surface area contributed by atoms with Crippen molar-refractivity contribution in [2.45, 2.75) is 38.4 Å². The fraction of sp³-hybridized carbons (Fsp3) is 0.333. The Labute approximate surface area is 229 Å². The summed E-state index contributed by atoms with van der Waals surface area (Å²) in [5.74, 6) is 2.24. The van der Waals surface area contributed by atoms with Gasteiger partial charge in [0.15, 0.2) is 0 Å². The molecule has 1 atom stereocenters. The lowest BCUT2D eigenvalue weighted by Crippen LogP contribution is -2.26. The number of rotatable bonds is 12. The molecule has 5 rings (SSSR count). The van der Waals surface area contributed by atoms with Crippen LogP contribution in [0, 0.1) is 0 Å². The van der Waals surface area contributed by atoms with E-state index in [0.717, 1.165) is 41.8 Å². The first-order valence-electron chi connectivity index (χ1n) is 13.2. The van der Waals surface area contributed by atoms with E-state index in [0.29, 0.717) is 24.5 Å². The van der Waals surface area contributed by atoms with Crippen molar-refractivity contribution in [2.75, 3.05) is 30.7 Å². The Kier molecular flexibility index (Phi) is 8.40. The van der Waals surface area contributed by atoms with Crippen molar-refractivity contribution in [3.05, 3.63) is 89.2 Å². The standard InChI is InChI=1S/C30H34N2O6S/c1-39(34,35)32-26-17-22(11-14-29(26)37-20-21-7-3-2-4-8-21)27(33)19-31-15-16-36-23-12-13-25-24-9-5-6-10-28(24)38-30(25)18-23/h2-4,7-8,11-14,17-18,27,31-33H,5-6,9-10,15-16,19-20H2,1H3. The molecule has 1 heterocycles. The molecule has 0 radical (unpaired) electrons. The van der Waals surface area contributed by atoms with E-state index in [2.05, 4.69) is 16.1 Å². The quantitative estimate of drug-likeness (QED) is 0.214. The van der Waals surface area contributed by atoms with Gasteiger partial charge in [-0.1, -0.05) is 36.4 Å². The van der Waals surface area contributed by atoms with Gasteiger partial charge in [-0.05, 0) is 54.7 Å². The Hall–Kier alpha value is -3.53. The first-order valence-corrected chi connectivity index (χ1v) is 15.1. The summed E-state index contributed by atoms with van der Waals surface area (Å²) < 4.78 is 44.2. The smallest absolute Gasteiger partial charge is 0.229 e. The van der Waals surface area contributed by atoms with Gasteiger partial charge in [-0.2, -0.15) is 0 Å². The number of hydrogen-bond acceptors (Lipinski definition) is 7. The lowest BCUT2D eigenvalue weighted by molar-refractivity contribution is 0.172. The topological polar surface area (TPSA) is 110 Å². The van der Waals surface area contributed by atoms with Gasteiger partial charge in [0.2, 0.25) is 10.0 Å². The van der Waals surface area contributed by atoms with Gasteiger partial charge in [0.1, 0.15) is 36.1 Å². The van der Waals surface area contributed by atoms with Gasteiger partial charge in [-0.15, -0.1) is 0 Å². The Bertz CT molecular complexity index is 1520. The van der Waals surface area contributed by atoms with Crippen molar-refractivity contribution in [1.29, 1.82) is 0 Å². The van der Waals surface area contributed by atoms with Crippen LogP contribution in [0.4, 0.5) is 5.69 Å². The van der Waals surface area contributed by atoms with Crippen LogP contribution in [0.1, 0.15) is 41.4 Å². The van der Waals surface area contributed by atoms with Crippen LogP contribution in [-0.2, 0) is 29.5 Å². The summed E-state index contributed by atoms with van der Waals surface area (Å²) in [5, 5.41) is 15.1. The molecule has 0 saturated heterocycles. The second-order valence-corrected chi connectivity index (χ2v) is 11.6. The summed E-state index contributed by atoms with van der Waals surface area (Å²) in [7, 11) is -3.54. The third-order valence-electron chi connectivity index (χ3n) is 6.73. The number of sulfonamides is 1. The Balaban J connectivity index is 1.14. The molecular formula is C30H34N2O6S. The molecule has 4 aromatic rings. The third-order valence-corrected chi connectivity index (χ3v) is 7.33. The highest BCUT2D eigenvalue weighted by Crippen LogP contribution is 2.34. The predicted octanol–water partition coefficient (Wildman–Crippen LogP) is 4.96. The van der Waals surface area contributed by atoms with E-state index in [1.54, 1.807) is 18.2 Å². The summed E-state index contributed by atoms with van der Waals surface area (Å²) >= 11 is 0. The van der Waals surface area contributed by atoms with Crippen molar-refractivity contribution >= 4 is 26.7 Å². The normalized spacial score (nSPS) is 14.1. The van der Waals surface area contributed by atoms with Gasteiger partial charge in [0, 0.05) is 36.5 Å². The van der Waals surface area contributed by atoms with Crippen LogP contribution in [0.3, 0.4) is 0 Å². The van der Waals surface area contributed by atoms with E-state index < -0.39 is 16.1 Å². The molecule has 0 aliphatic heterocycles. The number of aryl methyl sites for hydroxylation is 2. The number of aliphatic hydroxyl groups excluding tert-OH is 1. The second kappa shape index (κ2) is 12.1. The summed E-state index contributed by atoms with van der Waals surface area (Å²) in [6.45, 7) is 1.51. The summed E-state index contributed by atoms with van der Waals surface area (Å²) in [6.07, 6.45) is 4.69. The van der Waals surface area contributed by atoms with Crippen molar-refractivity contribution in [1.82, 2.24) is 5.32 Å². The minimum Gasteiger partial charge on any atom is -0.492 e. The van der Waals surface area contributed by atoms with Crippen molar-refractivity contribution in [3.8, 4) is 11.5 Å².